The van der Waals surface area contributed by atoms with Crippen LogP contribution in [0.25, 0.3) is 0 Å². The van der Waals surface area contributed by atoms with Gasteiger partial charge >= 0.3 is 6.18 Å². The van der Waals surface area contributed by atoms with Crippen molar-refractivity contribution in [2.45, 2.75) is 32.1 Å². The average Bonchev–Trinajstić information content (AvgIpc) is 2.98. The molecule has 1 aliphatic rings. The predicted molar refractivity (Wildman–Crippen MR) is 83.5 cm³/mol. The first kappa shape index (κ1) is 17.4. The number of fused-ring (bicyclic) bond motifs is 1. The molecule has 0 saturated heterocycles. The minimum Gasteiger partial charge on any atom is -0.365 e. The Bertz CT molecular complexity index is 771. The Hall–Kier alpha value is -2.42. The fourth-order valence-corrected chi connectivity index (χ4v) is 3.11. The van der Waals surface area contributed by atoms with E-state index in [1.165, 1.54) is 18.5 Å². The molecule has 0 fully saturated rings. The largest absolute Gasteiger partial charge is 0.418 e. The fourth-order valence-electron chi connectivity index (χ4n) is 3.11. The van der Waals surface area contributed by atoms with Crippen LogP contribution in [0, 0.1) is 5.92 Å². The van der Waals surface area contributed by atoms with E-state index in [1.807, 2.05) is 0 Å². The third-order valence-corrected chi connectivity index (χ3v) is 4.36. The van der Waals surface area contributed by atoms with Crippen molar-refractivity contribution in [3.05, 3.63) is 47.0 Å². The topological polar surface area (TPSA) is 85.8 Å². The quantitative estimate of drug-likeness (QED) is 0.857. The molecule has 1 aliphatic heterocycles. The van der Waals surface area contributed by atoms with Crippen LogP contribution in [0.5, 0.6) is 0 Å². The molecule has 1 atom stereocenters. The van der Waals surface area contributed by atoms with Crippen molar-refractivity contribution in [2.24, 2.45) is 11.7 Å². The molecule has 1 amide bonds. The number of rotatable bonds is 5. The molecule has 0 spiro atoms. The number of pyridine rings is 1. The molecule has 6 nitrogen and oxygen atoms in total. The van der Waals surface area contributed by atoms with Gasteiger partial charge in [-0.1, -0.05) is 0 Å². The molecule has 0 aromatic carbocycles. The van der Waals surface area contributed by atoms with Crippen molar-refractivity contribution < 1.29 is 18.0 Å². The van der Waals surface area contributed by atoms with Crippen molar-refractivity contribution in [1.29, 1.82) is 0 Å². The summed E-state index contributed by atoms with van der Waals surface area (Å²) in [6, 6.07) is 2.31. The monoisotopic (exact) mass is 353 g/mol. The summed E-state index contributed by atoms with van der Waals surface area (Å²) in [5.74, 6) is -0.279. The molecule has 0 aliphatic carbocycles. The molecule has 134 valence electrons. The van der Waals surface area contributed by atoms with Gasteiger partial charge in [0.15, 0.2) is 0 Å². The molecule has 0 radical (unpaired) electrons. The van der Waals surface area contributed by atoms with Crippen LogP contribution in [0.2, 0.25) is 0 Å². The second-order valence-electron chi connectivity index (χ2n) is 6.08. The molecular formula is C16H18F3N5O. The maximum Gasteiger partial charge on any atom is 0.418 e. The van der Waals surface area contributed by atoms with E-state index in [-0.39, 0.29) is 18.2 Å². The maximum atomic E-state index is 12.9. The Morgan fingerprint density at radius 3 is 2.96 bits per heavy atom. The van der Waals surface area contributed by atoms with Gasteiger partial charge in [-0.2, -0.15) is 18.3 Å². The third-order valence-electron chi connectivity index (χ3n) is 4.36. The highest BCUT2D eigenvalue weighted by molar-refractivity contribution is 5.93. The summed E-state index contributed by atoms with van der Waals surface area (Å²) in [7, 11) is 0. The van der Waals surface area contributed by atoms with Gasteiger partial charge in [-0.25, -0.2) is 0 Å². The fraction of sp³-hybridized carbons (Fsp3) is 0.438. The van der Waals surface area contributed by atoms with Gasteiger partial charge in [-0.05, 0) is 30.9 Å². The molecular weight excluding hydrogens is 335 g/mol. The van der Waals surface area contributed by atoms with Crippen LogP contribution < -0.4 is 11.1 Å². The number of alkyl halides is 3. The lowest BCUT2D eigenvalue weighted by Gasteiger charge is -2.24. The second kappa shape index (κ2) is 6.83. The zero-order valence-electron chi connectivity index (χ0n) is 13.4. The lowest BCUT2D eigenvalue weighted by atomic mass is 9.96. The van der Waals surface area contributed by atoms with Crippen LogP contribution in [0.1, 0.15) is 33.7 Å². The number of nitrogens with one attached hydrogen (secondary N) is 1. The molecule has 3 N–H and O–H groups in total. The number of halogens is 3. The van der Waals surface area contributed by atoms with Crippen LogP contribution in [-0.4, -0.2) is 27.2 Å². The van der Waals surface area contributed by atoms with Crippen LogP contribution in [-0.2, 0) is 25.7 Å². The number of nitrogens with zero attached hydrogens (tertiary/aromatic N) is 3. The number of aromatic nitrogens is 3. The van der Waals surface area contributed by atoms with E-state index in [0.717, 1.165) is 18.2 Å². The van der Waals surface area contributed by atoms with Crippen molar-refractivity contribution >= 4 is 5.91 Å². The van der Waals surface area contributed by atoms with Gasteiger partial charge in [0.05, 0.1) is 28.7 Å². The van der Waals surface area contributed by atoms with E-state index < -0.39 is 17.6 Å². The SMILES string of the molecule is NC(=O)c1cnn2c1CC[C@@H](CNCc1ncccc1C(F)(F)F)C2. The summed E-state index contributed by atoms with van der Waals surface area (Å²) in [6.07, 6.45) is -0.105. The number of nitrogens with two attached hydrogens (primary N) is 1. The van der Waals surface area contributed by atoms with Crippen molar-refractivity contribution in [1.82, 2.24) is 20.1 Å². The highest BCUT2D eigenvalue weighted by atomic mass is 19.4. The van der Waals surface area contributed by atoms with Gasteiger partial charge in [0.25, 0.3) is 5.91 Å². The lowest BCUT2D eigenvalue weighted by molar-refractivity contribution is -0.138. The Morgan fingerprint density at radius 2 is 2.24 bits per heavy atom. The molecule has 2 aromatic rings. The average molecular weight is 353 g/mol. The Morgan fingerprint density at radius 1 is 1.44 bits per heavy atom. The normalized spacial score (nSPS) is 17.3. The van der Waals surface area contributed by atoms with Gasteiger partial charge in [0.2, 0.25) is 0 Å². The second-order valence-corrected chi connectivity index (χ2v) is 6.08. The molecule has 0 saturated carbocycles. The Labute approximate surface area is 142 Å². The summed E-state index contributed by atoms with van der Waals surface area (Å²) in [5.41, 5.74) is 5.85. The van der Waals surface area contributed by atoms with E-state index >= 15 is 0 Å². The zero-order valence-corrected chi connectivity index (χ0v) is 13.4. The summed E-state index contributed by atoms with van der Waals surface area (Å²) in [5, 5.41) is 7.22. The Balaban J connectivity index is 1.58. The smallest absolute Gasteiger partial charge is 0.365 e. The number of hydrogen-bond acceptors (Lipinski definition) is 4. The number of hydrogen-bond donors (Lipinski definition) is 2. The van der Waals surface area contributed by atoms with E-state index in [9.17, 15) is 18.0 Å². The van der Waals surface area contributed by atoms with Gasteiger partial charge in [-0.3, -0.25) is 14.5 Å². The van der Waals surface area contributed by atoms with E-state index in [4.69, 9.17) is 5.73 Å². The molecule has 0 bridgehead atoms. The summed E-state index contributed by atoms with van der Waals surface area (Å²) < 4.78 is 40.6. The summed E-state index contributed by atoms with van der Waals surface area (Å²) in [6.45, 7) is 1.19. The Kier molecular flexibility index (Phi) is 4.76. The predicted octanol–water partition coefficient (Wildman–Crippen LogP) is 1.75. The third kappa shape index (κ3) is 3.81. The first-order valence-corrected chi connectivity index (χ1v) is 7.92. The van der Waals surface area contributed by atoms with Crippen LogP contribution in [0.15, 0.2) is 24.5 Å². The molecule has 0 unspecified atom stereocenters. The first-order valence-electron chi connectivity index (χ1n) is 7.92. The molecule has 3 rings (SSSR count). The van der Waals surface area contributed by atoms with E-state index in [2.05, 4.69) is 15.4 Å². The molecule has 9 heteroatoms. The minimum atomic E-state index is -4.41. The molecule has 3 heterocycles. The van der Waals surface area contributed by atoms with Gasteiger partial charge < -0.3 is 11.1 Å². The van der Waals surface area contributed by atoms with Crippen LogP contribution in [0.4, 0.5) is 13.2 Å². The van der Waals surface area contributed by atoms with Crippen molar-refractivity contribution in [2.75, 3.05) is 6.54 Å². The zero-order chi connectivity index (χ0) is 18.0. The standard InChI is InChI=1S/C16H18F3N5O/c17-16(18,19)12-2-1-5-22-13(12)8-21-6-10-3-4-14-11(15(20)25)7-23-24(14)9-10/h1-2,5,7,10,21H,3-4,6,8-9H2,(H2,20,25)/t10-/m0/s1. The van der Waals surface area contributed by atoms with E-state index in [0.29, 0.717) is 25.1 Å². The molecule has 25 heavy (non-hydrogen) atoms. The summed E-state index contributed by atoms with van der Waals surface area (Å²) >= 11 is 0. The summed E-state index contributed by atoms with van der Waals surface area (Å²) in [4.78, 5) is 15.2. The molecule has 2 aromatic heterocycles. The number of primary amides is 1. The number of carbonyl (C=O) groups is 1. The number of amides is 1. The highest BCUT2D eigenvalue weighted by Gasteiger charge is 2.33. The minimum absolute atomic E-state index is 0.0124. The lowest BCUT2D eigenvalue weighted by Crippen LogP contribution is -2.31. The van der Waals surface area contributed by atoms with Gasteiger partial charge in [0.1, 0.15) is 0 Å². The maximum absolute atomic E-state index is 12.9. The van der Waals surface area contributed by atoms with Gasteiger partial charge in [0, 0.05) is 25.8 Å². The van der Waals surface area contributed by atoms with Crippen molar-refractivity contribution in [3.8, 4) is 0 Å². The van der Waals surface area contributed by atoms with Crippen LogP contribution >= 0.6 is 0 Å². The first-order chi connectivity index (χ1) is 11.9. The van der Waals surface area contributed by atoms with Gasteiger partial charge in [-0.15, -0.1) is 0 Å². The van der Waals surface area contributed by atoms with Crippen molar-refractivity contribution in [3.63, 3.8) is 0 Å². The van der Waals surface area contributed by atoms with Crippen LogP contribution in [0.3, 0.4) is 0 Å². The number of carbonyl (C=O) groups excluding carboxylic acids is 1. The highest BCUT2D eigenvalue weighted by Crippen LogP contribution is 2.31. The van der Waals surface area contributed by atoms with E-state index in [1.54, 1.807) is 4.68 Å².